The molecule has 0 aliphatic carbocycles. The van der Waals surface area contributed by atoms with Gasteiger partial charge in [0, 0.05) is 12.0 Å². The summed E-state index contributed by atoms with van der Waals surface area (Å²) in [5.41, 5.74) is 0.506. The van der Waals surface area contributed by atoms with Crippen molar-refractivity contribution in [2.75, 3.05) is 0 Å². The van der Waals surface area contributed by atoms with Gasteiger partial charge in [-0.15, -0.1) is 0 Å². The average molecular weight is 244 g/mol. The van der Waals surface area contributed by atoms with Crippen molar-refractivity contribution in [3.8, 4) is 5.75 Å². The fraction of sp³-hybridized carbons (Fsp3) is 0.286. The van der Waals surface area contributed by atoms with Gasteiger partial charge < -0.3 is 9.72 Å². The largest absolute Gasteiger partial charge is 0.487 e. The van der Waals surface area contributed by atoms with E-state index < -0.39 is 0 Å². The van der Waals surface area contributed by atoms with E-state index >= 15 is 0 Å². The molecule has 4 nitrogen and oxygen atoms in total. The van der Waals surface area contributed by atoms with Gasteiger partial charge in [0.05, 0.1) is 5.69 Å². The zero-order valence-electron chi connectivity index (χ0n) is 10.5. The second-order valence-corrected chi connectivity index (χ2v) is 4.38. The summed E-state index contributed by atoms with van der Waals surface area (Å²) in [6.45, 7) is 4.27. The molecule has 1 N–H and O–H groups in total. The Labute approximate surface area is 106 Å². The van der Waals surface area contributed by atoms with Gasteiger partial charge in [0.1, 0.15) is 18.2 Å². The van der Waals surface area contributed by atoms with Gasteiger partial charge in [-0.1, -0.05) is 32.0 Å². The molecule has 0 fully saturated rings. The SMILES string of the molecule is CC(C)c1nc(COc2ccccc2)cc(=O)[nH]1. The second kappa shape index (κ2) is 5.49. The van der Waals surface area contributed by atoms with Crippen molar-refractivity contribution in [1.82, 2.24) is 9.97 Å². The Morgan fingerprint density at radius 2 is 2.00 bits per heavy atom. The Balaban J connectivity index is 2.12. The van der Waals surface area contributed by atoms with Crippen molar-refractivity contribution < 1.29 is 4.74 Å². The number of para-hydroxylation sites is 1. The van der Waals surface area contributed by atoms with Crippen LogP contribution in [-0.2, 0) is 6.61 Å². The topological polar surface area (TPSA) is 55.0 Å². The zero-order valence-corrected chi connectivity index (χ0v) is 10.5. The Morgan fingerprint density at radius 3 is 2.67 bits per heavy atom. The number of hydrogen-bond donors (Lipinski definition) is 1. The first-order chi connectivity index (χ1) is 8.65. The highest BCUT2D eigenvalue weighted by Crippen LogP contribution is 2.11. The summed E-state index contributed by atoms with van der Waals surface area (Å²) in [5, 5.41) is 0. The molecular formula is C14H16N2O2. The van der Waals surface area contributed by atoms with Crippen LogP contribution < -0.4 is 10.3 Å². The lowest BCUT2D eigenvalue weighted by molar-refractivity contribution is 0.300. The Bertz CT molecular complexity index is 562. The van der Waals surface area contributed by atoms with Crippen LogP contribution in [0, 0.1) is 0 Å². The molecule has 0 aliphatic heterocycles. The predicted molar refractivity (Wildman–Crippen MR) is 69.7 cm³/mol. The van der Waals surface area contributed by atoms with E-state index in [1.54, 1.807) is 0 Å². The van der Waals surface area contributed by atoms with Crippen LogP contribution in [0.2, 0.25) is 0 Å². The molecule has 0 bridgehead atoms. The van der Waals surface area contributed by atoms with Gasteiger partial charge in [-0.3, -0.25) is 4.79 Å². The third-order valence-corrected chi connectivity index (χ3v) is 2.49. The number of rotatable bonds is 4. The number of H-pyrrole nitrogens is 1. The molecule has 2 aromatic rings. The van der Waals surface area contributed by atoms with Crippen molar-refractivity contribution >= 4 is 0 Å². The van der Waals surface area contributed by atoms with Crippen LogP contribution in [0.3, 0.4) is 0 Å². The van der Waals surface area contributed by atoms with Crippen LogP contribution in [0.5, 0.6) is 5.75 Å². The smallest absolute Gasteiger partial charge is 0.251 e. The zero-order chi connectivity index (χ0) is 13.0. The molecule has 1 aromatic carbocycles. The molecule has 0 radical (unpaired) electrons. The van der Waals surface area contributed by atoms with Gasteiger partial charge in [-0.25, -0.2) is 4.98 Å². The maximum Gasteiger partial charge on any atom is 0.251 e. The lowest BCUT2D eigenvalue weighted by atomic mass is 10.2. The number of aromatic nitrogens is 2. The Morgan fingerprint density at radius 1 is 1.28 bits per heavy atom. The molecule has 1 heterocycles. The Kier molecular flexibility index (Phi) is 3.77. The van der Waals surface area contributed by atoms with E-state index in [0.29, 0.717) is 18.1 Å². The number of benzene rings is 1. The van der Waals surface area contributed by atoms with Crippen molar-refractivity contribution in [2.24, 2.45) is 0 Å². The molecule has 0 atom stereocenters. The predicted octanol–water partition coefficient (Wildman–Crippen LogP) is 2.47. The molecule has 0 aliphatic rings. The normalized spacial score (nSPS) is 10.6. The number of aromatic amines is 1. The summed E-state index contributed by atoms with van der Waals surface area (Å²) in [6.07, 6.45) is 0. The standard InChI is InChI=1S/C14H16N2O2/c1-10(2)14-15-11(8-13(17)16-14)9-18-12-6-4-3-5-7-12/h3-8,10H,9H2,1-2H3,(H,15,16,17). The fourth-order valence-corrected chi connectivity index (χ4v) is 1.55. The summed E-state index contributed by atoms with van der Waals surface area (Å²) in [4.78, 5) is 18.6. The van der Waals surface area contributed by atoms with Gasteiger partial charge in [-0.05, 0) is 12.1 Å². The fourth-order valence-electron chi connectivity index (χ4n) is 1.55. The van der Waals surface area contributed by atoms with E-state index in [9.17, 15) is 4.79 Å². The van der Waals surface area contributed by atoms with E-state index in [4.69, 9.17) is 4.74 Å². The maximum absolute atomic E-state index is 11.5. The monoisotopic (exact) mass is 244 g/mol. The molecule has 4 heteroatoms. The summed E-state index contributed by atoms with van der Waals surface area (Å²) < 4.78 is 5.57. The third kappa shape index (κ3) is 3.20. The van der Waals surface area contributed by atoms with Gasteiger partial charge in [0.15, 0.2) is 0 Å². The van der Waals surface area contributed by atoms with Crippen LogP contribution in [0.15, 0.2) is 41.2 Å². The van der Waals surface area contributed by atoms with Crippen molar-refractivity contribution in [3.05, 3.63) is 58.3 Å². The summed E-state index contributed by atoms with van der Waals surface area (Å²) in [7, 11) is 0. The molecule has 94 valence electrons. The van der Waals surface area contributed by atoms with Gasteiger partial charge in [-0.2, -0.15) is 0 Å². The van der Waals surface area contributed by atoms with Crippen LogP contribution in [-0.4, -0.2) is 9.97 Å². The molecule has 0 saturated carbocycles. The highest BCUT2D eigenvalue weighted by molar-refractivity contribution is 5.21. The molecule has 0 unspecified atom stereocenters. The summed E-state index contributed by atoms with van der Waals surface area (Å²) in [5.74, 6) is 1.65. The van der Waals surface area contributed by atoms with Crippen LogP contribution in [0.4, 0.5) is 0 Å². The third-order valence-electron chi connectivity index (χ3n) is 2.49. The van der Waals surface area contributed by atoms with E-state index in [-0.39, 0.29) is 11.5 Å². The average Bonchev–Trinajstić information content (AvgIpc) is 2.37. The lowest BCUT2D eigenvalue weighted by Crippen LogP contribution is -2.14. The van der Waals surface area contributed by atoms with Gasteiger partial charge in [0.25, 0.3) is 5.56 Å². The van der Waals surface area contributed by atoms with Crippen LogP contribution >= 0.6 is 0 Å². The van der Waals surface area contributed by atoms with Crippen molar-refractivity contribution in [2.45, 2.75) is 26.4 Å². The second-order valence-electron chi connectivity index (χ2n) is 4.38. The van der Waals surface area contributed by atoms with E-state index in [1.807, 2.05) is 44.2 Å². The minimum absolute atomic E-state index is 0.139. The van der Waals surface area contributed by atoms with Gasteiger partial charge in [0.2, 0.25) is 0 Å². The molecule has 0 saturated heterocycles. The number of nitrogens with one attached hydrogen (secondary N) is 1. The molecule has 0 spiro atoms. The van der Waals surface area contributed by atoms with Gasteiger partial charge >= 0.3 is 0 Å². The number of ether oxygens (including phenoxy) is 1. The maximum atomic E-state index is 11.5. The van der Waals surface area contributed by atoms with E-state index in [1.165, 1.54) is 6.07 Å². The first-order valence-corrected chi connectivity index (χ1v) is 5.93. The number of hydrogen-bond acceptors (Lipinski definition) is 3. The molecule has 1 aromatic heterocycles. The van der Waals surface area contributed by atoms with E-state index in [0.717, 1.165) is 5.75 Å². The molecule has 18 heavy (non-hydrogen) atoms. The van der Waals surface area contributed by atoms with Crippen molar-refractivity contribution in [1.29, 1.82) is 0 Å². The Hall–Kier alpha value is -2.10. The minimum Gasteiger partial charge on any atom is -0.487 e. The molecular weight excluding hydrogens is 228 g/mol. The first kappa shape index (κ1) is 12.4. The summed E-state index contributed by atoms with van der Waals surface area (Å²) in [6, 6.07) is 10.9. The van der Waals surface area contributed by atoms with Crippen LogP contribution in [0.1, 0.15) is 31.3 Å². The minimum atomic E-state index is -0.139. The van der Waals surface area contributed by atoms with Crippen LogP contribution in [0.25, 0.3) is 0 Å². The lowest BCUT2D eigenvalue weighted by Gasteiger charge is -2.08. The van der Waals surface area contributed by atoms with E-state index in [2.05, 4.69) is 9.97 Å². The highest BCUT2D eigenvalue weighted by atomic mass is 16.5. The highest BCUT2D eigenvalue weighted by Gasteiger charge is 2.05. The van der Waals surface area contributed by atoms with Crippen molar-refractivity contribution in [3.63, 3.8) is 0 Å². The first-order valence-electron chi connectivity index (χ1n) is 5.93. The molecule has 0 amide bonds. The number of nitrogens with zero attached hydrogens (tertiary/aromatic N) is 1. The quantitative estimate of drug-likeness (QED) is 0.898. The molecule has 2 rings (SSSR count). The summed E-state index contributed by atoms with van der Waals surface area (Å²) >= 11 is 0.